The number of hydrogen-bond donors (Lipinski definition) is 1. The topological polar surface area (TPSA) is 63.6 Å². The monoisotopic (exact) mass is 305 g/mol. The molecule has 0 unspecified atom stereocenters. The number of hydrogen-bond acceptors (Lipinski definition) is 4. The van der Waals surface area contributed by atoms with Crippen LogP contribution in [0, 0.1) is 0 Å². The Kier molecular flexibility index (Phi) is 4.59. The van der Waals surface area contributed by atoms with Crippen LogP contribution in [0.15, 0.2) is 72.1 Å². The van der Waals surface area contributed by atoms with Crippen LogP contribution in [0.1, 0.15) is 5.56 Å². The molecule has 5 heteroatoms. The second-order valence-corrected chi connectivity index (χ2v) is 4.85. The van der Waals surface area contributed by atoms with Gasteiger partial charge in [0.05, 0.1) is 6.21 Å². The van der Waals surface area contributed by atoms with Gasteiger partial charge in [-0.15, -0.1) is 0 Å². The summed E-state index contributed by atoms with van der Waals surface area (Å²) >= 11 is 0. The Labute approximate surface area is 133 Å². The predicted molar refractivity (Wildman–Crippen MR) is 89.4 cm³/mol. The number of benzene rings is 2. The van der Waals surface area contributed by atoms with Gasteiger partial charge in [-0.25, -0.2) is 5.43 Å². The van der Waals surface area contributed by atoms with Crippen LogP contribution < -0.4 is 10.2 Å². The van der Waals surface area contributed by atoms with Gasteiger partial charge in [0.15, 0.2) is 6.61 Å². The van der Waals surface area contributed by atoms with E-state index in [9.17, 15) is 4.79 Å². The number of nitrogens with zero attached hydrogens (tertiary/aromatic N) is 2. The fraction of sp³-hybridized carbons (Fsp3) is 0.0556. The Morgan fingerprint density at radius 1 is 1.13 bits per heavy atom. The maximum atomic E-state index is 11.8. The van der Waals surface area contributed by atoms with Gasteiger partial charge in [-0.1, -0.05) is 42.5 Å². The van der Waals surface area contributed by atoms with Crippen LogP contribution in [-0.2, 0) is 4.79 Å². The van der Waals surface area contributed by atoms with Crippen molar-refractivity contribution in [3.8, 4) is 5.75 Å². The predicted octanol–water partition coefficient (Wildman–Crippen LogP) is 2.76. The van der Waals surface area contributed by atoms with Gasteiger partial charge in [0.2, 0.25) is 0 Å². The van der Waals surface area contributed by atoms with E-state index in [1.54, 1.807) is 18.5 Å². The minimum atomic E-state index is -0.321. The molecule has 1 N–H and O–H groups in total. The highest BCUT2D eigenvalue weighted by atomic mass is 16.5. The van der Waals surface area contributed by atoms with E-state index in [1.165, 1.54) is 6.21 Å². The van der Waals surface area contributed by atoms with Crippen molar-refractivity contribution >= 4 is 22.9 Å². The van der Waals surface area contributed by atoms with Crippen LogP contribution in [0.5, 0.6) is 5.75 Å². The fourth-order valence-electron chi connectivity index (χ4n) is 2.13. The first kappa shape index (κ1) is 14.7. The molecule has 0 spiro atoms. The number of carbonyl (C=O) groups excluding carboxylic acids is 1. The van der Waals surface area contributed by atoms with E-state index in [0.717, 1.165) is 16.3 Å². The van der Waals surface area contributed by atoms with Crippen molar-refractivity contribution < 1.29 is 9.53 Å². The number of hydrazone groups is 1. The molecule has 0 bridgehead atoms. The van der Waals surface area contributed by atoms with E-state index in [-0.39, 0.29) is 12.5 Å². The SMILES string of the molecule is O=C(COc1cccc2ccccc12)N/N=C/c1cccnc1. The minimum absolute atomic E-state index is 0.0988. The van der Waals surface area contributed by atoms with E-state index in [0.29, 0.717) is 5.75 Å². The molecule has 0 aliphatic carbocycles. The summed E-state index contributed by atoms with van der Waals surface area (Å²) in [6.07, 6.45) is 4.86. The summed E-state index contributed by atoms with van der Waals surface area (Å²) in [6.45, 7) is -0.0988. The van der Waals surface area contributed by atoms with Crippen molar-refractivity contribution in [2.75, 3.05) is 6.61 Å². The molecule has 1 aromatic heterocycles. The third-order valence-electron chi connectivity index (χ3n) is 3.20. The Morgan fingerprint density at radius 3 is 2.87 bits per heavy atom. The Morgan fingerprint density at radius 2 is 2.00 bits per heavy atom. The highest BCUT2D eigenvalue weighted by Gasteiger charge is 2.04. The third kappa shape index (κ3) is 3.91. The summed E-state index contributed by atoms with van der Waals surface area (Å²) in [4.78, 5) is 15.7. The summed E-state index contributed by atoms with van der Waals surface area (Å²) < 4.78 is 5.59. The van der Waals surface area contributed by atoms with Gasteiger partial charge in [-0.3, -0.25) is 9.78 Å². The molecule has 5 nitrogen and oxygen atoms in total. The quantitative estimate of drug-likeness (QED) is 0.582. The van der Waals surface area contributed by atoms with Crippen molar-refractivity contribution in [3.05, 3.63) is 72.6 Å². The zero-order valence-corrected chi connectivity index (χ0v) is 12.3. The fourth-order valence-corrected chi connectivity index (χ4v) is 2.13. The number of rotatable bonds is 5. The molecule has 114 valence electrons. The maximum absolute atomic E-state index is 11.8. The molecule has 1 amide bonds. The van der Waals surface area contributed by atoms with E-state index in [1.807, 2.05) is 48.5 Å². The standard InChI is InChI=1S/C18H15N3O2/c22-18(21-20-12-14-5-4-10-19-11-14)13-23-17-9-3-7-15-6-1-2-8-16(15)17/h1-12H,13H2,(H,21,22)/b20-12+. The molecule has 0 fully saturated rings. The average Bonchev–Trinajstić information content (AvgIpc) is 2.61. The van der Waals surface area contributed by atoms with Gasteiger partial charge in [-0.2, -0.15) is 5.10 Å². The first-order valence-corrected chi connectivity index (χ1v) is 7.15. The zero-order valence-electron chi connectivity index (χ0n) is 12.3. The van der Waals surface area contributed by atoms with Crippen LogP contribution >= 0.6 is 0 Å². The van der Waals surface area contributed by atoms with Crippen molar-refractivity contribution in [2.24, 2.45) is 5.10 Å². The molecule has 0 aliphatic heterocycles. The Bertz CT molecular complexity index is 827. The molecule has 3 rings (SSSR count). The molecule has 2 aromatic carbocycles. The lowest BCUT2D eigenvalue weighted by molar-refractivity contribution is -0.123. The number of aromatic nitrogens is 1. The second kappa shape index (κ2) is 7.17. The molecule has 0 atom stereocenters. The molecule has 23 heavy (non-hydrogen) atoms. The van der Waals surface area contributed by atoms with Crippen molar-refractivity contribution in [1.82, 2.24) is 10.4 Å². The van der Waals surface area contributed by atoms with Gasteiger partial charge in [0.25, 0.3) is 5.91 Å². The first-order valence-electron chi connectivity index (χ1n) is 7.15. The normalized spacial score (nSPS) is 10.8. The van der Waals surface area contributed by atoms with Crippen LogP contribution in [0.25, 0.3) is 10.8 Å². The molecule has 0 aliphatic rings. The van der Waals surface area contributed by atoms with Crippen molar-refractivity contribution in [1.29, 1.82) is 0 Å². The lowest BCUT2D eigenvalue weighted by Gasteiger charge is -2.08. The number of nitrogens with one attached hydrogen (secondary N) is 1. The smallest absolute Gasteiger partial charge is 0.277 e. The maximum Gasteiger partial charge on any atom is 0.277 e. The van der Waals surface area contributed by atoms with Crippen molar-refractivity contribution in [2.45, 2.75) is 0 Å². The highest BCUT2D eigenvalue weighted by Crippen LogP contribution is 2.24. The largest absolute Gasteiger partial charge is 0.483 e. The number of fused-ring (bicyclic) bond motifs is 1. The summed E-state index contributed by atoms with van der Waals surface area (Å²) in [6, 6.07) is 17.2. The Balaban J connectivity index is 1.57. The van der Waals surface area contributed by atoms with E-state index in [2.05, 4.69) is 15.5 Å². The van der Waals surface area contributed by atoms with Gasteiger partial charge in [-0.05, 0) is 17.5 Å². The average molecular weight is 305 g/mol. The summed E-state index contributed by atoms with van der Waals surface area (Å²) in [5.41, 5.74) is 3.24. The Hall–Kier alpha value is -3.21. The van der Waals surface area contributed by atoms with E-state index >= 15 is 0 Å². The molecular weight excluding hydrogens is 290 g/mol. The van der Waals surface area contributed by atoms with Crippen molar-refractivity contribution in [3.63, 3.8) is 0 Å². The number of ether oxygens (including phenoxy) is 1. The van der Waals surface area contributed by atoms with Gasteiger partial charge in [0.1, 0.15) is 5.75 Å². The molecule has 3 aromatic rings. The number of pyridine rings is 1. The minimum Gasteiger partial charge on any atom is -0.483 e. The van der Waals surface area contributed by atoms with Crippen LogP contribution in [0.3, 0.4) is 0 Å². The van der Waals surface area contributed by atoms with Gasteiger partial charge in [0, 0.05) is 23.3 Å². The third-order valence-corrected chi connectivity index (χ3v) is 3.20. The molecule has 0 radical (unpaired) electrons. The van der Waals surface area contributed by atoms with Crippen LogP contribution in [0.4, 0.5) is 0 Å². The van der Waals surface area contributed by atoms with Crippen LogP contribution in [0.2, 0.25) is 0 Å². The summed E-state index contributed by atoms with van der Waals surface area (Å²) in [5, 5.41) is 5.91. The number of amides is 1. The first-order chi connectivity index (χ1) is 11.3. The summed E-state index contributed by atoms with van der Waals surface area (Å²) in [7, 11) is 0. The number of carbonyl (C=O) groups is 1. The van der Waals surface area contributed by atoms with E-state index < -0.39 is 0 Å². The highest BCUT2D eigenvalue weighted by molar-refractivity contribution is 5.88. The molecular formula is C18H15N3O2. The lowest BCUT2D eigenvalue weighted by Crippen LogP contribution is -2.24. The zero-order chi connectivity index (χ0) is 15.9. The molecule has 1 heterocycles. The second-order valence-electron chi connectivity index (χ2n) is 4.85. The van der Waals surface area contributed by atoms with Gasteiger partial charge >= 0.3 is 0 Å². The molecule has 0 saturated heterocycles. The van der Waals surface area contributed by atoms with Gasteiger partial charge < -0.3 is 4.74 Å². The van der Waals surface area contributed by atoms with E-state index in [4.69, 9.17) is 4.74 Å². The van der Waals surface area contributed by atoms with Crippen LogP contribution in [-0.4, -0.2) is 23.7 Å². The molecule has 0 saturated carbocycles. The lowest BCUT2D eigenvalue weighted by atomic mass is 10.1. The summed E-state index contributed by atoms with van der Waals surface area (Å²) in [5.74, 6) is 0.354.